The van der Waals surface area contributed by atoms with E-state index in [1.54, 1.807) is 12.3 Å². The molecule has 0 amide bonds. The first-order valence-electron chi connectivity index (χ1n) is 11.9. The van der Waals surface area contributed by atoms with Gasteiger partial charge in [-0.2, -0.15) is 0 Å². The minimum absolute atomic E-state index is 0.123. The molecule has 1 aromatic heterocycles. The summed E-state index contributed by atoms with van der Waals surface area (Å²) in [5.74, 6) is -0.261. The maximum absolute atomic E-state index is 13.6. The Morgan fingerprint density at radius 1 is 1.00 bits per heavy atom. The molecule has 0 radical (unpaired) electrons. The van der Waals surface area contributed by atoms with Crippen molar-refractivity contribution in [3.63, 3.8) is 0 Å². The Morgan fingerprint density at radius 3 is 2.52 bits per heavy atom. The molecule has 2 saturated heterocycles. The van der Waals surface area contributed by atoms with Gasteiger partial charge < -0.3 is 18.9 Å². The number of nitrogens with zero attached hydrogens (tertiary/aromatic N) is 1. The van der Waals surface area contributed by atoms with Crippen molar-refractivity contribution in [2.45, 2.75) is 56.9 Å². The summed E-state index contributed by atoms with van der Waals surface area (Å²) in [6.07, 6.45) is 9.19. The number of ether oxygens (including phenoxy) is 4. The minimum Gasteiger partial charge on any atom is -0.347 e. The molecule has 5 nitrogen and oxygen atoms in total. The number of aromatic nitrogens is 1. The lowest BCUT2D eigenvalue weighted by Crippen LogP contribution is -2.38. The summed E-state index contributed by atoms with van der Waals surface area (Å²) in [5.41, 5.74) is 2.58. The van der Waals surface area contributed by atoms with E-state index in [2.05, 4.69) is 17.1 Å². The predicted octanol–water partition coefficient (Wildman–Crippen LogP) is 5.21. The van der Waals surface area contributed by atoms with E-state index in [1.807, 2.05) is 32.0 Å². The molecular formula is C27H30FNO4. The molecule has 1 spiro atoms. The van der Waals surface area contributed by atoms with Crippen LogP contribution in [-0.4, -0.2) is 42.0 Å². The summed E-state index contributed by atoms with van der Waals surface area (Å²) in [6, 6.07) is 10.5. The van der Waals surface area contributed by atoms with E-state index >= 15 is 0 Å². The number of hydrogen-bond donors (Lipinski definition) is 0. The fraction of sp³-hybridized carbons (Fsp3) is 0.519. The van der Waals surface area contributed by atoms with Crippen LogP contribution in [0.4, 0.5) is 4.39 Å². The molecule has 5 atom stereocenters. The Morgan fingerprint density at radius 2 is 1.79 bits per heavy atom. The van der Waals surface area contributed by atoms with Gasteiger partial charge in [0.15, 0.2) is 11.6 Å². The van der Waals surface area contributed by atoms with E-state index in [4.69, 9.17) is 18.9 Å². The van der Waals surface area contributed by atoms with Gasteiger partial charge in [-0.3, -0.25) is 4.98 Å². The maximum Gasteiger partial charge on any atom is 0.175 e. The number of benzene rings is 1. The van der Waals surface area contributed by atoms with Gasteiger partial charge >= 0.3 is 0 Å². The Hall–Kier alpha value is -2.12. The predicted molar refractivity (Wildman–Crippen MR) is 121 cm³/mol. The zero-order valence-corrected chi connectivity index (χ0v) is 19.1. The van der Waals surface area contributed by atoms with Gasteiger partial charge in [-0.15, -0.1) is 0 Å². The first-order chi connectivity index (χ1) is 15.9. The Bertz CT molecular complexity index is 1050. The van der Waals surface area contributed by atoms with E-state index in [1.165, 1.54) is 12.1 Å². The van der Waals surface area contributed by atoms with Crippen molar-refractivity contribution in [3.8, 4) is 11.1 Å². The lowest BCUT2D eigenvalue weighted by Gasteiger charge is -2.35. The summed E-state index contributed by atoms with van der Waals surface area (Å²) in [5, 5.41) is 0. The fourth-order valence-corrected chi connectivity index (χ4v) is 6.36. The molecule has 0 bridgehead atoms. The molecule has 0 unspecified atom stereocenters. The van der Waals surface area contributed by atoms with Crippen molar-refractivity contribution in [2.75, 3.05) is 13.2 Å². The zero-order valence-electron chi connectivity index (χ0n) is 19.1. The maximum atomic E-state index is 13.6. The van der Waals surface area contributed by atoms with E-state index in [-0.39, 0.29) is 23.9 Å². The third-order valence-corrected chi connectivity index (χ3v) is 7.64. The summed E-state index contributed by atoms with van der Waals surface area (Å²) >= 11 is 0. The van der Waals surface area contributed by atoms with Crippen LogP contribution in [0.5, 0.6) is 0 Å². The highest BCUT2D eigenvalue weighted by Crippen LogP contribution is 2.57. The monoisotopic (exact) mass is 451 g/mol. The van der Waals surface area contributed by atoms with Crippen LogP contribution in [0.15, 0.2) is 48.7 Å². The van der Waals surface area contributed by atoms with Crippen LogP contribution in [0.1, 0.15) is 38.8 Å². The Balaban J connectivity index is 1.23. The van der Waals surface area contributed by atoms with Gasteiger partial charge in [-0.05, 0) is 68.4 Å². The SMILES string of the molecule is CC1(C)O[C@H]2C[C@@H]3CC4(OCCO4)[C@@H](/C=C/c4ccc(-c5cccc(F)c5)cn4)[C@@H]3C[C@H]2O1. The molecule has 6 heteroatoms. The van der Waals surface area contributed by atoms with Gasteiger partial charge in [0.25, 0.3) is 0 Å². The first kappa shape index (κ1) is 21.4. The van der Waals surface area contributed by atoms with Crippen LogP contribution in [0.2, 0.25) is 0 Å². The number of fused-ring (bicyclic) bond motifs is 2. The molecule has 3 heterocycles. The molecule has 33 heavy (non-hydrogen) atoms. The Labute approximate surface area is 193 Å². The lowest BCUT2D eigenvalue weighted by atomic mass is 9.75. The highest BCUT2D eigenvalue weighted by Gasteiger charge is 2.60. The number of pyridine rings is 1. The topological polar surface area (TPSA) is 49.8 Å². The third kappa shape index (κ3) is 3.93. The summed E-state index contributed by atoms with van der Waals surface area (Å²) in [4.78, 5) is 4.60. The smallest absolute Gasteiger partial charge is 0.175 e. The standard InChI is InChI=1S/C27H30FNO4/c1-26(2)32-24-13-19-15-27(30-10-11-31-27)23(22(19)14-25(24)33-26)9-8-21-7-6-18(16-29-21)17-4-3-5-20(28)12-17/h3-9,12,16,19,22-25H,10-11,13-15H2,1-2H3/b9-8+/t19-,22-,23+,24+,25-/m1/s1. The molecular weight excluding hydrogens is 421 g/mol. The van der Waals surface area contributed by atoms with Crippen LogP contribution in [0.3, 0.4) is 0 Å². The highest BCUT2D eigenvalue weighted by molar-refractivity contribution is 5.63. The lowest BCUT2D eigenvalue weighted by molar-refractivity contribution is -0.177. The number of hydrogen-bond acceptors (Lipinski definition) is 5. The molecule has 4 aliphatic rings. The molecule has 4 fully saturated rings. The van der Waals surface area contributed by atoms with Gasteiger partial charge in [0, 0.05) is 24.1 Å². The normalized spacial score (nSPS) is 34.1. The van der Waals surface area contributed by atoms with Gasteiger partial charge in [-0.1, -0.05) is 24.3 Å². The Kier molecular flexibility index (Phi) is 5.18. The van der Waals surface area contributed by atoms with Crippen molar-refractivity contribution in [2.24, 2.45) is 17.8 Å². The van der Waals surface area contributed by atoms with Crippen molar-refractivity contribution in [1.82, 2.24) is 4.98 Å². The van der Waals surface area contributed by atoms with Crippen molar-refractivity contribution >= 4 is 6.08 Å². The zero-order chi connectivity index (χ0) is 22.6. The largest absolute Gasteiger partial charge is 0.347 e. The average Bonchev–Trinajstić information content (AvgIpc) is 3.45. The fourth-order valence-electron chi connectivity index (χ4n) is 6.36. The second-order valence-electron chi connectivity index (χ2n) is 10.2. The van der Waals surface area contributed by atoms with Gasteiger partial charge in [0.05, 0.1) is 31.1 Å². The van der Waals surface area contributed by atoms with Crippen molar-refractivity contribution in [1.29, 1.82) is 0 Å². The quantitative estimate of drug-likeness (QED) is 0.641. The second-order valence-corrected chi connectivity index (χ2v) is 10.2. The molecule has 6 rings (SSSR count). The van der Waals surface area contributed by atoms with Gasteiger partial charge in [0.1, 0.15) is 5.82 Å². The van der Waals surface area contributed by atoms with Crippen molar-refractivity contribution < 1.29 is 23.3 Å². The minimum atomic E-state index is -0.554. The van der Waals surface area contributed by atoms with E-state index in [9.17, 15) is 4.39 Å². The summed E-state index contributed by atoms with van der Waals surface area (Å²) in [7, 11) is 0. The number of halogens is 1. The van der Waals surface area contributed by atoms with Gasteiger partial charge in [0.2, 0.25) is 0 Å². The number of rotatable bonds is 3. The summed E-state index contributed by atoms with van der Waals surface area (Å²) < 4.78 is 38.4. The van der Waals surface area contributed by atoms with Crippen LogP contribution < -0.4 is 0 Å². The average molecular weight is 452 g/mol. The molecule has 2 aliphatic heterocycles. The van der Waals surface area contributed by atoms with E-state index < -0.39 is 11.6 Å². The molecule has 0 N–H and O–H groups in total. The van der Waals surface area contributed by atoms with E-state index in [0.29, 0.717) is 25.0 Å². The first-order valence-corrected chi connectivity index (χ1v) is 11.9. The molecule has 174 valence electrons. The van der Waals surface area contributed by atoms with Gasteiger partial charge in [-0.25, -0.2) is 4.39 Å². The van der Waals surface area contributed by atoms with E-state index in [0.717, 1.165) is 36.1 Å². The third-order valence-electron chi connectivity index (χ3n) is 7.64. The van der Waals surface area contributed by atoms with Crippen LogP contribution in [0.25, 0.3) is 17.2 Å². The summed E-state index contributed by atoms with van der Waals surface area (Å²) in [6.45, 7) is 5.28. The molecule has 1 aromatic carbocycles. The van der Waals surface area contributed by atoms with Crippen LogP contribution >= 0.6 is 0 Å². The van der Waals surface area contributed by atoms with Crippen LogP contribution in [0, 0.1) is 23.6 Å². The molecule has 2 aromatic rings. The molecule has 2 saturated carbocycles. The molecule has 2 aliphatic carbocycles. The highest BCUT2D eigenvalue weighted by atomic mass is 19.1. The van der Waals surface area contributed by atoms with Crippen molar-refractivity contribution in [3.05, 3.63) is 60.2 Å². The second kappa shape index (κ2) is 7.98. The van der Waals surface area contributed by atoms with Crippen LogP contribution in [-0.2, 0) is 18.9 Å².